The van der Waals surface area contributed by atoms with E-state index in [1.165, 1.54) is 0 Å². The van der Waals surface area contributed by atoms with Gasteiger partial charge < -0.3 is 25.6 Å². The highest BCUT2D eigenvalue weighted by atomic mass is 16.5. The number of aliphatic imine (C=N–C) groups is 1. The van der Waals surface area contributed by atoms with E-state index in [1.54, 1.807) is 50.5 Å². The summed E-state index contributed by atoms with van der Waals surface area (Å²) < 4.78 is 11.3. The van der Waals surface area contributed by atoms with Gasteiger partial charge in [-0.1, -0.05) is 42.5 Å². The monoisotopic (exact) mass is 472 g/mol. The minimum atomic E-state index is -1.02. The van der Waals surface area contributed by atoms with Crippen LogP contribution in [0.4, 0.5) is 11.5 Å². The second kappa shape index (κ2) is 10.4. The summed E-state index contributed by atoms with van der Waals surface area (Å²) in [5, 5.41) is 12.8. The molecule has 0 saturated carbocycles. The van der Waals surface area contributed by atoms with E-state index in [9.17, 15) is 9.90 Å². The number of hydrogen-bond donors (Lipinski definition) is 3. The van der Waals surface area contributed by atoms with Crippen LogP contribution in [0.3, 0.4) is 0 Å². The van der Waals surface area contributed by atoms with Crippen molar-refractivity contribution < 1.29 is 19.4 Å². The number of aliphatic carboxylic acids is 1. The molecule has 0 spiro atoms. The molecule has 0 amide bonds. The van der Waals surface area contributed by atoms with Crippen molar-refractivity contribution in [1.82, 2.24) is 4.98 Å². The van der Waals surface area contributed by atoms with E-state index >= 15 is 0 Å². The van der Waals surface area contributed by atoms with Gasteiger partial charge in [0.2, 0.25) is 0 Å². The first-order valence-corrected chi connectivity index (χ1v) is 11.2. The number of benzene rings is 2. The van der Waals surface area contributed by atoms with E-state index in [0.717, 1.165) is 5.56 Å². The smallest absolute Gasteiger partial charge is 0.313 e. The van der Waals surface area contributed by atoms with Gasteiger partial charge in [-0.2, -0.15) is 0 Å². The SMILES string of the molecule is CC(C)(C(=O)O)c1cccc(Nc2cc(O/C(C=NC3COC3)=C(/N)c3ccccc3)ccn2)c1. The minimum Gasteiger partial charge on any atom is -0.481 e. The summed E-state index contributed by atoms with van der Waals surface area (Å²) in [6.07, 6.45) is 3.26. The van der Waals surface area contributed by atoms with Crippen LogP contribution in [0.2, 0.25) is 0 Å². The molecule has 1 aliphatic rings. The van der Waals surface area contributed by atoms with Gasteiger partial charge in [0.05, 0.1) is 36.6 Å². The third-order valence-corrected chi connectivity index (χ3v) is 5.72. The predicted molar refractivity (Wildman–Crippen MR) is 136 cm³/mol. The normalized spacial score (nSPS) is 14.8. The Balaban J connectivity index is 1.57. The largest absolute Gasteiger partial charge is 0.481 e. The van der Waals surface area contributed by atoms with E-state index in [4.69, 9.17) is 15.2 Å². The molecule has 4 N–H and O–H groups in total. The van der Waals surface area contributed by atoms with Gasteiger partial charge in [-0.25, -0.2) is 4.98 Å². The van der Waals surface area contributed by atoms with Crippen molar-refractivity contribution >= 4 is 29.4 Å². The average molecular weight is 473 g/mol. The fraction of sp³-hybridized carbons (Fsp3) is 0.222. The molecule has 8 nitrogen and oxygen atoms in total. The van der Waals surface area contributed by atoms with E-state index < -0.39 is 11.4 Å². The Hall–Kier alpha value is -4.17. The molecule has 1 aliphatic heterocycles. The third-order valence-electron chi connectivity index (χ3n) is 5.72. The van der Waals surface area contributed by atoms with E-state index in [1.807, 2.05) is 42.5 Å². The van der Waals surface area contributed by atoms with Gasteiger partial charge in [-0.3, -0.25) is 9.79 Å². The Bertz CT molecular complexity index is 1250. The highest BCUT2D eigenvalue weighted by Crippen LogP contribution is 2.28. The van der Waals surface area contributed by atoms with Crippen molar-refractivity contribution in [2.75, 3.05) is 18.5 Å². The van der Waals surface area contributed by atoms with Gasteiger partial charge in [0.1, 0.15) is 11.6 Å². The Morgan fingerprint density at radius 1 is 1.17 bits per heavy atom. The molecule has 35 heavy (non-hydrogen) atoms. The zero-order valence-electron chi connectivity index (χ0n) is 19.6. The number of aromatic nitrogens is 1. The molecular weight excluding hydrogens is 444 g/mol. The number of rotatable bonds is 9. The average Bonchev–Trinajstić information content (AvgIpc) is 2.83. The predicted octanol–water partition coefficient (Wildman–Crippen LogP) is 4.36. The molecule has 180 valence electrons. The molecule has 1 saturated heterocycles. The highest BCUT2D eigenvalue weighted by molar-refractivity contribution is 5.88. The molecule has 2 aromatic carbocycles. The molecule has 0 atom stereocenters. The third kappa shape index (κ3) is 5.85. The number of carboxylic acids is 1. The second-order valence-electron chi connectivity index (χ2n) is 8.73. The Morgan fingerprint density at radius 2 is 1.94 bits per heavy atom. The molecule has 4 rings (SSSR count). The number of pyridine rings is 1. The standard InChI is InChI=1S/C27H28N4O4/c1-27(2,26(32)33)19-9-6-10-20(13-19)31-24-14-22(11-12-29-24)35-23(15-30-21-16-34-17-21)25(28)18-7-4-3-5-8-18/h3-15,21H,16-17,28H2,1-2H3,(H,29,31)(H,32,33)/b25-23+,30-15?. The fourth-order valence-electron chi connectivity index (χ4n) is 3.32. The lowest BCUT2D eigenvalue weighted by molar-refractivity contribution is -0.142. The molecule has 8 heteroatoms. The maximum Gasteiger partial charge on any atom is 0.313 e. The number of nitrogens with zero attached hydrogens (tertiary/aromatic N) is 2. The molecule has 2 heterocycles. The number of carbonyl (C=O) groups is 1. The van der Waals surface area contributed by atoms with Gasteiger partial charge in [-0.05, 0) is 37.6 Å². The molecule has 0 bridgehead atoms. The summed E-state index contributed by atoms with van der Waals surface area (Å²) >= 11 is 0. The lowest BCUT2D eigenvalue weighted by Crippen LogP contribution is -2.31. The first kappa shape index (κ1) is 24.0. The van der Waals surface area contributed by atoms with Crippen LogP contribution in [-0.2, 0) is 14.9 Å². The number of ether oxygens (including phenoxy) is 2. The summed E-state index contributed by atoms with van der Waals surface area (Å²) in [6, 6.07) is 20.4. The van der Waals surface area contributed by atoms with Crippen LogP contribution in [0, 0.1) is 0 Å². The van der Waals surface area contributed by atoms with E-state index in [0.29, 0.717) is 47.5 Å². The summed E-state index contributed by atoms with van der Waals surface area (Å²) in [7, 11) is 0. The lowest BCUT2D eigenvalue weighted by atomic mass is 9.84. The second-order valence-corrected chi connectivity index (χ2v) is 8.73. The topological polar surface area (TPSA) is 119 Å². The summed E-state index contributed by atoms with van der Waals surface area (Å²) in [5.74, 6) is 0.587. The minimum absolute atomic E-state index is 0.0918. The Kier molecular flexibility index (Phi) is 7.12. The lowest BCUT2D eigenvalue weighted by Gasteiger charge is -2.22. The first-order chi connectivity index (χ1) is 16.8. The van der Waals surface area contributed by atoms with Crippen LogP contribution < -0.4 is 15.8 Å². The highest BCUT2D eigenvalue weighted by Gasteiger charge is 2.29. The fourth-order valence-corrected chi connectivity index (χ4v) is 3.32. The van der Waals surface area contributed by atoms with Gasteiger partial charge in [0.15, 0.2) is 5.76 Å². The summed E-state index contributed by atoms with van der Waals surface area (Å²) in [5.41, 5.74) is 8.09. The summed E-state index contributed by atoms with van der Waals surface area (Å²) in [4.78, 5) is 20.5. The van der Waals surface area contributed by atoms with E-state index in [2.05, 4.69) is 15.3 Å². The quantitative estimate of drug-likeness (QED) is 0.313. The number of anilines is 2. The van der Waals surface area contributed by atoms with Crippen molar-refractivity contribution in [3.63, 3.8) is 0 Å². The van der Waals surface area contributed by atoms with Gasteiger partial charge in [0, 0.05) is 23.5 Å². The molecule has 3 aromatic rings. The zero-order valence-corrected chi connectivity index (χ0v) is 19.6. The van der Waals surface area contributed by atoms with Gasteiger partial charge >= 0.3 is 5.97 Å². The molecule has 0 unspecified atom stereocenters. The number of allylic oxidation sites excluding steroid dienone is 1. The maximum absolute atomic E-state index is 11.6. The van der Waals surface area contributed by atoms with Crippen molar-refractivity contribution in [2.45, 2.75) is 25.3 Å². The molecule has 1 fully saturated rings. The number of nitrogens with two attached hydrogens (primary N) is 1. The molecular formula is C27H28N4O4. The van der Waals surface area contributed by atoms with Crippen molar-refractivity contribution in [2.24, 2.45) is 10.7 Å². The van der Waals surface area contributed by atoms with Crippen LogP contribution in [0.15, 0.2) is 83.7 Å². The van der Waals surface area contributed by atoms with Gasteiger partial charge in [0.25, 0.3) is 0 Å². The van der Waals surface area contributed by atoms with Crippen LogP contribution in [0.5, 0.6) is 5.75 Å². The summed E-state index contributed by atoms with van der Waals surface area (Å²) in [6.45, 7) is 4.50. The zero-order chi connectivity index (χ0) is 24.8. The Labute approximate surface area is 204 Å². The first-order valence-electron chi connectivity index (χ1n) is 11.2. The number of nitrogens with one attached hydrogen (secondary N) is 1. The number of hydrogen-bond acceptors (Lipinski definition) is 7. The maximum atomic E-state index is 11.6. The van der Waals surface area contributed by atoms with E-state index in [-0.39, 0.29) is 6.04 Å². The number of carboxylic acid groups (broad SMARTS) is 1. The van der Waals surface area contributed by atoms with Gasteiger partial charge in [-0.15, -0.1) is 0 Å². The van der Waals surface area contributed by atoms with Crippen LogP contribution in [0.1, 0.15) is 25.0 Å². The molecule has 0 radical (unpaired) electrons. The van der Waals surface area contributed by atoms with Crippen molar-refractivity contribution in [3.8, 4) is 5.75 Å². The molecule has 1 aromatic heterocycles. The molecule has 0 aliphatic carbocycles. The van der Waals surface area contributed by atoms with Crippen LogP contribution in [0.25, 0.3) is 5.70 Å². The van der Waals surface area contributed by atoms with Crippen LogP contribution in [-0.4, -0.2) is 41.5 Å². The van der Waals surface area contributed by atoms with Crippen LogP contribution >= 0.6 is 0 Å². The van der Waals surface area contributed by atoms with Crippen molar-refractivity contribution in [3.05, 3.63) is 89.8 Å². The van der Waals surface area contributed by atoms with Crippen molar-refractivity contribution in [1.29, 1.82) is 0 Å². The Morgan fingerprint density at radius 3 is 2.63 bits per heavy atom.